The molecule has 0 saturated carbocycles. The molecule has 0 aliphatic heterocycles. The SMILES string of the molecule is CCn1cc(CCSCCC(=O)O)nn1. The fourth-order valence-electron chi connectivity index (χ4n) is 1.05. The Hall–Kier alpha value is -1.04. The molecule has 1 heterocycles. The lowest BCUT2D eigenvalue weighted by Crippen LogP contribution is -1.97. The molecule has 84 valence electrons. The molecule has 0 radical (unpaired) electrons. The molecule has 1 N–H and O–H groups in total. The van der Waals surface area contributed by atoms with Crippen molar-refractivity contribution >= 4 is 17.7 Å². The molecule has 1 aromatic heterocycles. The Bertz CT molecular complexity index is 314. The van der Waals surface area contributed by atoms with Gasteiger partial charge >= 0.3 is 5.97 Å². The van der Waals surface area contributed by atoms with E-state index >= 15 is 0 Å². The lowest BCUT2D eigenvalue weighted by molar-refractivity contribution is -0.136. The number of rotatable bonds is 7. The van der Waals surface area contributed by atoms with Crippen LogP contribution in [-0.4, -0.2) is 37.6 Å². The lowest BCUT2D eigenvalue weighted by atomic mass is 10.4. The van der Waals surface area contributed by atoms with Crippen molar-refractivity contribution < 1.29 is 9.90 Å². The van der Waals surface area contributed by atoms with E-state index in [-0.39, 0.29) is 6.42 Å². The van der Waals surface area contributed by atoms with E-state index in [1.54, 1.807) is 16.4 Å². The molecule has 6 heteroatoms. The molecular formula is C9H15N3O2S. The molecule has 0 aromatic carbocycles. The van der Waals surface area contributed by atoms with Gasteiger partial charge in [0.25, 0.3) is 0 Å². The summed E-state index contributed by atoms with van der Waals surface area (Å²) in [5.41, 5.74) is 0.972. The van der Waals surface area contributed by atoms with Crippen molar-refractivity contribution in [2.75, 3.05) is 11.5 Å². The van der Waals surface area contributed by atoms with Crippen LogP contribution in [0.4, 0.5) is 0 Å². The van der Waals surface area contributed by atoms with Crippen LogP contribution in [0.1, 0.15) is 19.0 Å². The van der Waals surface area contributed by atoms with E-state index in [0.29, 0.717) is 5.75 Å². The minimum atomic E-state index is -0.737. The average molecular weight is 229 g/mol. The van der Waals surface area contributed by atoms with Gasteiger partial charge in [0.2, 0.25) is 0 Å². The molecule has 0 saturated heterocycles. The first kappa shape index (κ1) is 12.0. The van der Waals surface area contributed by atoms with E-state index in [1.165, 1.54) is 0 Å². The van der Waals surface area contributed by atoms with E-state index in [4.69, 9.17) is 5.11 Å². The summed E-state index contributed by atoms with van der Waals surface area (Å²) in [5, 5.41) is 16.4. The van der Waals surface area contributed by atoms with Crippen LogP contribution in [0.5, 0.6) is 0 Å². The summed E-state index contributed by atoms with van der Waals surface area (Å²) in [7, 11) is 0. The molecule has 0 spiro atoms. The van der Waals surface area contributed by atoms with Crippen LogP contribution in [0.25, 0.3) is 0 Å². The van der Waals surface area contributed by atoms with E-state index < -0.39 is 5.97 Å². The number of hydrogen-bond donors (Lipinski definition) is 1. The Morgan fingerprint density at radius 1 is 1.60 bits per heavy atom. The monoisotopic (exact) mass is 229 g/mol. The maximum absolute atomic E-state index is 10.2. The number of carbonyl (C=O) groups is 1. The third-order valence-corrected chi connectivity index (χ3v) is 2.86. The Morgan fingerprint density at radius 2 is 2.40 bits per heavy atom. The maximum Gasteiger partial charge on any atom is 0.304 e. The molecule has 0 atom stereocenters. The molecule has 0 unspecified atom stereocenters. The quantitative estimate of drug-likeness (QED) is 0.708. The minimum absolute atomic E-state index is 0.228. The second kappa shape index (κ2) is 6.44. The Kier molecular flexibility index (Phi) is 5.17. The molecule has 5 nitrogen and oxygen atoms in total. The van der Waals surface area contributed by atoms with Crippen LogP contribution < -0.4 is 0 Å². The van der Waals surface area contributed by atoms with Gasteiger partial charge in [-0.1, -0.05) is 5.21 Å². The van der Waals surface area contributed by atoms with Crippen LogP contribution >= 0.6 is 11.8 Å². The number of thioether (sulfide) groups is 1. The van der Waals surface area contributed by atoms with E-state index in [9.17, 15) is 4.79 Å². The normalized spacial score (nSPS) is 10.5. The molecule has 1 aromatic rings. The number of hydrogen-bond acceptors (Lipinski definition) is 4. The molecular weight excluding hydrogens is 214 g/mol. The van der Waals surface area contributed by atoms with Gasteiger partial charge < -0.3 is 5.11 Å². The van der Waals surface area contributed by atoms with Crippen molar-refractivity contribution in [1.82, 2.24) is 15.0 Å². The summed E-state index contributed by atoms with van der Waals surface area (Å²) in [6.07, 6.45) is 3.01. The average Bonchev–Trinajstić information content (AvgIpc) is 2.65. The molecule has 0 fully saturated rings. The molecule has 0 aliphatic rings. The second-order valence-corrected chi connectivity index (χ2v) is 4.30. The molecule has 1 rings (SSSR count). The summed E-state index contributed by atoms with van der Waals surface area (Å²) in [5.74, 6) is 0.826. The van der Waals surface area contributed by atoms with Crippen molar-refractivity contribution in [2.24, 2.45) is 0 Å². The molecule has 0 amide bonds. The van der Waals surface area contributed by atoms with Crippen molar-refractivity contribution in [3.63, 3.8) is 0 Å². The number of aromatic nitrogens is 3. The van der Waals surface area contributed by atoms with Gasteiger partial charge in [-0.25, -0.2) is 0 Å². The van der Waals surface area contributed by atoms with Gasteiger partial charge in [0.05, 0.1) is 12.1 Å². The Labute approximate surface area is 92.9 Å². The van der Waals surface area contributed by atoms with Gasteiger partial charge in [0, 0.05) is 24.9 Å². The minimum Gasteiger partial charge on any atom is -0.481 e. The summed E-state index contributed by atoms with van der Waals surface area (Å²) in [6.45, 7) is 2.85. The van der Waals surface area contributed by atoms with Gasteiger partial charge in [-0.15, -0.1) is 5.10 Å². The van der Waals surface area contributed by atoms with Crippen LogP contribution in [0.15, 0.2) is 6.20 Å². The zero-order valence-corrected chi connectivity index (χ0v) is 9.53. The van der Waals surface area contributed by atoms with Gasteiger partial charge in [0.1, 0.15) is 0 Å². The highest BCUT2D eigenvalue weighted by Gasteiger charge is 2.00. The highest BCUT2D eigenvalue weighted by atomic mass is 32.2. The molecule has 0 bridgehead atoms. The number of carboxylic acid groups (broad SMARTS) is 1. The topological polar surface area (TPSA) is 68.0 Å². The van der Waals surface area contributed by atoms with Crippen molar-refractivity contribution in [1.29, 1.82) is 0 Å². The van der Waals surface area contributed by atoms with Crippen LogP contribution in [0, 0.1) is 0 Å². The first-order chi connectivity index (χ1) is 7.22. The smallest absolute Gasteiger partial charge is 0.304 e. The molecule has 0 aliphatic carbocycles. The van der Waals surface area contributed by atoms with Crippen LogP contribution in [-0.2, 0) is 17.8 Å². The summed E-state index contributed by atoms with van der Waals surface area (Å²) in [4.78, 5) is 10.2. The zero-order valence-electron chi connectivity index (χ0n) is 8.72. The fourth-order valence-corrected chi connectivity index (χ4v) is 1.92. The van der Waals surface area contributed by atoms with Gasteiger partial charge in [-0.3, -0.25) is 9.48 Å². The van der Waals surface area contributed by atoms with Crippen LogP contribution in [0.2, 0.25) is 0 Å². The molecule has 15 heavy (non-hydrogen) atoms. The third kappa shape index (κ3) is 4.83. The number of carboxylic acids is 1. The largest absolute Gasteiger partial charge is 0.481 e. The fraction of sp³-hybridized carbons (Fsp3) is 0.667. The number of aliphatic carboxylic acids is 1. The number of nitrogens with zero attached hydrogens (tertiary/aromatic N) is 3. The lowest BCUT2D eigenvalue weighted by Gasteiger charge is -1.96. The second-order valence-electron chi connectivity index (χ2n) is 3.07. The highest BCUT2D eigenvalue weighted by Crippen LogP contribution is 2.06. The summed E-state index contributed by atoms with van der Waals surface area (Å²) in [6, 6.07) is 0. The van der Waals surface area contributed by atoms with Crippen molar-refractivity contribution in [3.05, 3.63) is 11.9 Å². The summed E-state index contributed by atoms with van der Waals surface area (Å²) < 4.78 is 1.79. The maximum atomic E-state index is 10.2. The van der Waals surface area contributed by atoms with E-state index in [0.717, 1.165) is 24.4 Å². The Balaban J connectivity index is 2.12. The third-order valence-electron chi connectivity index (χ3n) is 1.87. The first-order valence-corrected chi connectivity index (χ1v) is 6.06. The van der Waals surface area contributed by atoms with E-state index in [2.05, 4.69) is 10.3 Å². The van der Waals surface area contributed by atoms with Gasteiger partial charge in [0.15, 0.2) is 0 Å². The van der Waals surface area contributed by atoms with Crippen LogP contribution in [0.3, 0.4) is 0 Å². The van der Waals surface area contributed by atoms with Crippen molar-refractivity contribution in [3.8, 4) is 0 Å². The number of aryl methyl sites for hydroxylation is 2. The zero-order chi connectivity index (χ0) is 11.1. The highest BCUT2D eigenvalue weighted by molar-refractivity contribution is 7.99. The predicted octanol–water partition coefficient (Wildman–Crippen LogP) is 1.05. The van der Waals surface area contributed by atoms with Crippen molar-refractivity contribution in [2.45, 2.75) is 26.3 Å². The van der Waals surface area contributed by atoms with E-state index in [1.807, 2.05) is 13.1 Å². The first-order valence-electron chi connectivity index (χ1n) is 4.91. The standard InChI is InChI=1S/C9H15N3O2S/c1-2-12-7-8(10-11-12)3-5-15-6-4-9(13)14/h7H,2-6H2,1H3,(H,13,14). The summed E-state index contributed by atoms with van der Waals surface area (Å²) >= 11 is 1.64. The predicted molar refractivity (Wildman–Crippen MR) is 59.0 cm³/mol. The Morgan fingerprint density at radius 3 is 3.00 bits per heavy atom. The van der Waals surface area contributed by atoms with Gasteiger partial charge in [-0.05, 0) is 12.7 Å². The van der Waals surface area contributed by atoms with Gasteiger partial charge in [-0.2, -0.15) is 11.8 Å².